The number of hydrogen-bond donors (Lipinski definition) is 6. The molecule has 0 bridgehead atoms. The first-order valence-corrected chi connectivity index (χ1v) is 29.6. The molecule has 1 amide bonds. The molecular formula is C63H107NO10. The van der Waals surface area contributed by atoms with E-state index in [0.717, 1.165) is 83.5 Å². The molecule has 0 saturated carbocycles. The summed E-state index contributed by atoms with van der Waals surface area (Å²) in [4.78, 5) is 26.5. The van der Waals surface area contributed by atoms with Crippen LogP contribution in [0.25, 0.3) is 0 Å². The third kappa shape index (κ3) is 38.2. The van der Waals surface area contributed by atoms with Crippen molar-refractivity contribution < 1.29 is 49.3 Å². The zero-order valence-electron chi connectivity index (χ0n) is 46.7. The zero-order chi connectivity index (χ0) is 54.0. The van der Waals surface area contributed by atoms with E-state index >= 15 is 0 Å². The van der Waals surface area contributed by atoms with Gasteiger partial charge in [0, 0.05) is 6.42 Å². The van der Waals surface area contributed by atoms with Gasteiger partial charge in [-0.3, -0.25) is 9.59 Å². The van der Waals surface area contributed by atoms with Crippen LogP contribution in [0.2, 0.25) is 0 Å². The van der Waals surface area contributed by atoms with E-state index in [1.807, 2.05) is 60.8 Å². The molecule has 1 aliphatic heterocycles. The summed E-state index contributed by atoms with van der Waals surface area (Å²) in [6.07, 6.45) is 55.9. The fourth-order valence-corrected chi connectivity index (χ4v) is 8.64. The number of aliphatic hydroxyl groups excluding tert-OH is 5. The van der Waals surface area contributed by atoms with Crippen molar-refractivity contribution in [3.8, 4) is 0 Å². The molecule has 0 aliphatic carbocycles. The number of esters is 1. The normalized spacial score (nSPS) is 20.0. The quantitative estimate of drug-likeness (QED) is 0.0149. The van der Waals surface area contributed by atoms with E-state index in [4.69, 9.17) is 14.2 Å². The predicted molar refractivity (Wildman–Crippen MR) is 305 cm³/mol. The monoisotopic (exact) mass is 1040 g/mol. The average Bonchev–Trinajstić information content (AvgIpc) is 3.40. The van der Waals surface area contributed by atoms with Crippen LogP contribution in [0, 0.1) is 0 Å². The van der Waals surface area contributed by atoms with Crippen molar-refractivity contribution in [1.82, 2.24) is 5.32 Å². The van der Waals surface area contributed by atoms with E-state index in [-0.39, 0.29) is 19.4 Å². The molecule has 0 aromatic heterocycles. The van der Waals surface area contributed by atoms with Crippen LogP contribution in [0.15, 0.2) is 97.2 Å². The zero-order valence-corrected chi connectivity index (χ0v) is 46.7. The van der Waals surface area contributed by atoms with Crippen molar-refractivity contribution in [3.05, 3.63) is 97.2 Å². The van der Waals surface area contributed by atoms with Crippen LogP contribution in [-0.2, 0) is 23.8 Å². The Bertz CT molecular complexity index is 1570. The highest BCUT2D eigenvalue weighted by Gasteiger charge is 2.47. The summed E-state index contributed by atoms with van der Waals surface area (Å²) >= 11 is 0. The number of ether oxygens (including phenoxy) is 3. The summed E-state index contributed by atoms with van der Waals surface area (Å²) in [6, 6.07) is -1.05. The number of nitrogens with one attached hydrogen (secondary N) is 1. The lowest BCUT2D eigenvalue weighted by molar-refractivity contribution is -0.305. The molecule has 8 atom stereocenters. The molecule has 0 aromatic carbocycles. The van der Waals surface area contributed by atoms with Gasteiger partial charge in [0.1, 0.15) is 24.4 Å². The Kier molecular flexibility index (Phi) is 46.7. The second-order valence-electron chi connectivity index (χ2n) is 20.1. The van der Waals surface area contributed by atoms with Crippen LogP contribution in [0.5, 0.6) is 0 Å². The Morgan fingerprint density at radius 3 is 1.59 bits per heavy atom. The Morgan fingerprint density at radius 2 is 1.03 bits per heavy atom. The summed E-state index contributed by atoms with van der Waals surface area (Å²) in [6.45, 7) is 5.57. The van der Waals surface area contributed by atoms with Crippen LogP contribution in [0.4, 0.5) is 0 Å². The molecule has 424 valence electrons. The molecule has 74 heavy (non-hydrogen) atoms. The first-order valence-electron chi connectivity index (χ1n) is 29.6. The van der Waals surface area contributed by atoms with Gasteiger partial charge in [-0.25, -0.2) is 0 Å². The van der Waals surface area contributed by atoms with Gasteiger partial charge in [0.05, 0.1) is 25.4 Å². The smallest absolute Gasteiger partial charge is 0.306 e. The lowest BCUT2D eigenvalue weighted by Crippen LogP contribution is -2.61. The second kappa shape index (κ2) is 50.4. The molecule has 6 N–H and O–H groups in total. The van der Waals surface area contributed by atoms with Gasteiger partial charge in [-0.15, -0.1) is 0 Å². The third-order valence-corrected chi connectivity index (χ3v) is 13.3. The molecule has 0 radical (unpaired) electrons. The highest BCUT2D eigenvalue weighted by atomic mass is 16.7. The number of unbranched alkanes of at least 4 members (excludes halogenated alkanes) is 24. The van der Waals surface area contributed by atoms with Gasteiger partial charge < -0.3 is 45.1 Å². The maximum Gasteiger partial charge on any atom is 0.306 e. The van der Waals surface area contributed by atoms with E-state index in [9.17, 15) is 35.1 Å². The molecule has 1 heterocycles. The number of amides is 1. The van der Waals surface area contributed by atoms with Crippen molar-refractivity contribution in [2.45, 2.75) is 275 Å². The van der Waals surface area contributed by atoms with E-state index in [1.54, 1.807) is 6.08 Å². The van der Waals surface area contributed by atoms with Gasteiger partial charge in [-0.1, -0.05) is 240 Å². The van der Waals surface area contributed by atoms with Crippen molar-refractivity contribution >= 4 is 11.9 Å². The summed E-state index contributed by atoms with van der Waals surface area (Å²) < 4.78 is 17.6. The van der Waals surface area contributed by atoms with E-state index < -0.39 is 67.4 Å². The number of carbonyl (C=O) groups excluding carboxylic acids is 2. The van der Waals surface area contributed by atoms with Crippen molar-refractivity contribution in [2.75, 3.05) is 13.2 Å². The molecule has 1 fully saturated rings. The molecule has 11 nitrogen and oxygen atoms in total. The van der Waals surface area contributed by atoms with Gasteiger partial charge in [-0.2, -0.15) is 0 Å². The number of rotatable bonds is 48. The first-order chi connectivity index (χ1) is 36.2. The molecule has 0 spiro atoms. The predicted octanol–water partition coefficient (Wildman–Crippen LogP) is 13.6. The molecule has 1 rings (SSSR count). The maximum absolute atomic E-state index is 13.4. The molecule has 0 aromatic rings. The SMILES string of the molecule is CC/C=C/C=C/C=C\C=C/C=C/CCCCC(O)C(=O)NC(COC1OC(CO)C(O)C(O)C1OC(=O)CCCCCCCCCCC/C=C\C/C=C\CCCCC)C(O)/C=C/CCCCCCCCCCCC. The Morgan fingerprint density at radius 1 is 0.554 bits per heavy atom. The molecule has 1 aliphatic rings. The fourth-order valence-electron chi connectivity index (χ4n) is 8.64. The Hall–Kier alpha value is -3.42. The molecule has 8 unspecified atom stereocenters. The van der Waals surface area contributed by atoms with E-state index in [2.05, 4.69) is 56.5 Å². The lowest BCUT2D eigenvalue weighted by Gasteiger charge is -2.41. The van der Waals surface area contributed by atoms with Gasteiger partial charge in [-0.05, 0) is 77.0 Å². The topological polar surface area (TPSA) is 175 Å². The van der Waals surface area contributed by atoms with Crippen LogP contribution < -0.4 is 5.32 Å². The van der Waals surface area contributed by atoms with E-state index in [1.165, 1.54) is 96.3 Å². The largest absolute Gasteiger partial charge is 0.454 e. The molecular weight excluding hydrogens is 931 g/mol. The van der Waals surface area contributed by atoms with Crippen LogP contribution in [0.1, 0.15) is 226 Å². The first kappa shape index (κ1) is 68.6. The van der Waals surface area contributed by atoms with Crippen molar-refractivity contribution in [2.24, 2.45) is 0 Å². The number of carbonyl (C=O) groups is 2. The third-order valence-electron chi connectivity index (χ3n) is 13.3. The maximum atomic E-state index is 13.4. The standard InChI is InChI=1S/C63H107NO10/c1-4-7-10-13-16-19-22-25-27-28-29-30-31-33-36-39-42-45-48-51-58(68)74-61-60(70)59(69)57(52-65)73-63(61)72-53-54(55(66)49-46-43-40-37-34-24-21-18-15-12-9-6-3)64-62(71)56(67)50-47-44-41-38-35-32-26-23-20-17-14-11-8-5-2/h8,11,14,16-17,19-20,23,25-27,32,35,38,46,49,54-57,59-61,63,65-67,69-70H,4-7,9-10,12-13,15,18,21-22,24,28-31,33-34,36-37,39-45,47-48,50-53H2,1-3H3,(H,64,71)/b11-8+,17-14+,19-16-,23-20-,27-25-,32-26-,38-35+,49-46+. The van der Waals surface area contributed by atoms with Crippen molar-refractivity contribution in [3.63, 3.8) is 0 Å². The summed E-state index contributed by atoms with van der Waals surface area (Å²) in [5.74, 6) is -1.25. The number of hydrogen-bond acceptors (Lipinski definition) is 10. The van der Waals surface area contributed by atoms with Crippen LogP contribution in [-0.4, -0.2) is 99.6 Å². The summed E-state index contributed by atoms with van der Waals surface area (Å²) in [5.41, 5.74) is 0. The highest BCUT2D eigenvalue weighted by molar-refractivity contribution is 5.80. The number of allylic oxidation sites excluding steroid dienone is 15. The summed E-state index contributed by atoms with van der Waals surface area (Å²) in [7, 11) is 0. The Balaban J connectivity index is 2.73. The minimum Gasteiger partial charge on any atom is -0.454 e. The van der Waals surface area contributed by atoms with Crippen LogP contribution in [0.3, 0.4) is 0 Å². The van der Waals surface area contributed by atoms with Gasteiger partial charge in [0.15, 0.2) is 12.4 Å². The minimum absolute atomic E-state index is 0.108. The molecule has 1 saturated heterocycles. The second-order valence-corrected chi connectivity index (χ2v) is 20.1. The van der Waals surface area contributed by atoms with Gasteiger partial charge in [0.2, 0.25) is 5.91 Å². The minimum atomic E-state index is -1.63. The van der Waals surface area contributed by atoms with Gasteiger partial charge >= 0.3 is 5.97 Å². The highest BCUT2D eigenvalue weighted by Crippen LogP contribution is 2.26. The Labute approximate surface area is 450 Å². The fraction of sp³-hybridized carbons (Fsp3) is 0.714. The molecule has 11 heteroatoms. The van der Waals surface area contributed by atoms with Gasteiger partial charge in [0.25, 0.3) is 0 Å². The van der Waals surface area contributed by atoms with E-state index in [0.29, 0.717) is 12.8 Å². The summed E-state index contributed by atoms with van der Waals surface area (Å²) in [5, 5.41) is 56.8. The van der Waals surface area contributed by atoms with Crippen LogP contribution >= 0.6 is 0 Å². The lowest BCUT2D eigenvalue weighted by atomic mass is 9.99. The van der Waals surface area contributed by atoms with Crippen molar-refractivity contribution in [1.29, 1.82) is 0 Å². The number of aliphatic hydroxyl groups is 5. The average molecular weight is 1040 g/mol.